The van der Waals surface area contributed by atoms with Crippen LogP contribution in [0.15, 0.2) is 29.3 Å². The summed E-state index contributed by atoms with van der Waals surface area (Å²) in [6.07, 6.45) is -2.25. The van der Waals surface area contributed by atoms with Crippen molar-refractivity contribution < 1.29 is 32.6 Å². The predicted octanol–water partition coefficient (Wildman–Crippen LogP) is 2.92. The lowest BCUT2D eigenvalue weighted by atomic mass is 9.82. The number of rotatable bonds is 5. The Morgan fingerprint density at radius 2 is 1.85 bits per heavy atom. The van der Waals surface area contributed by atoms with Crippen LogP contribution in [0.3, 0.4) is 0 Å². The van der Waals surface area contributed by atoms with E-state index in [1.807, 2.05) is 0 Å². The van der Waals surface area contributed by atoms with Gasteiger partial charge >= 0.3 is 6.09 Å². The molecule has 1 aromatic carbocycles. The summed E-state index contributed by atoms with van der Waals surface area (Å²) in [7, 11) is -4.24. The van der Waals surface area contributed by atoms with Crippen LogP contribution in [0.25, 0.3) is 0 Å². The number of benzene rings is 1. The Kier molecular flexibility index (Phi) is 7.67. The lowest BCUT2D eigenvalue weighted by molar-refractivity contribution is 0.0558. The largest absolute Gasteiger partial charge is 0.444 e. The molecule has 8 nitrogen and oxygen atoms in total. The number of hydrogen-bond donors (Lipinski definition) is 3. The fraction of sp³-hybridized carbons (Fsp3) is 0.652. The van der Waals surface area contributed by atoms with Crippen LogP contribution in [0.5, 0.6) is 0 Å². The topological polar surface area (TPSA) is 125 Å². The summed E-state index contributed by atoms with van der Waals surface area (Å²) in [4.78, 5) is 17.0. The zero-order valence-corrected chi connectivity index (χ0v) is 21.0. The van der Waals surface area contributed by atoms with E-state index in [4.69, 9.17) is 4.74 Å². The minimum atomic E-state index is -4.24. The van der Waals surface area contributed by atoms with Gasteiger partial charge in [0.05, 0.1) is 18.0 Å². The van der Waals surface area contributed by atoms with Gasteiger partial charge in [0.25, 0.3) is 0 Å². The predicted molar refractivity (Wildman–Crippen MR) is 124 cm³/mol. The Morgan fingerprint density at radius 1 is 1.27 bits per heavy atom. The minimum absolute atomic E-state index is 0.143. The number of carbonyl (C=O) groups is 1. The van der Waals surface area contributed by atoms with Gasteiger partial charge in [-0.2, -0.15) is 0 Å². The third kappa shape index (κ3) is 5.22. The second-order valence-electron chi connectivity index (χ2n) is 10.2. The van der Waals surface area contributed by atoms with Gasteiger partial charge in [0, 0.05) is 5.56 Å². The first-order valence-electron chi connectivity index (χ1n) is 10.9. The maximum Gasteiger partial charge on any atom is 0.413 e. The van der Waals surface area contributed by atoms with Crippen molar-refractivity contribution >= 4 is 21.8 Å². The van der Waals surface area contributed by atoms with Crippen LogP contribution in [0.2, 0.25) is 0 Å². The second kappa shape index (κ2) is 9.31. The number of carbonyl (C=O) groups excluding carboxylic acids is 1. The summed E-state index contributed by atoms with van der Waals surface area (Å²) >= 11 is 0. The number of halogens is 1. The summed E-state index contributed by atoms with van der Waals surface area (Å²) < 4.78 is 46.3. The molecule has 3 atom stereocenters. The zero-order chi connectivity index (χ0) is 25.4. The zero-order valence-electron chi connectivity index (χ0n) is 20.2. The molecular weight excluding hydrogens is 451 g/mol. The molecule has 1 aromatic rings. The number of amidine groups is 1. The molecule has 1 amide bonds. The molecule has 2 rings (SSSR count). The monoisotopic (exact) mass is 486 g/mol. The summed E-state index contributed by atoms with van der Waals surface area (Å²) in [5.74, 6) is -1.32. The fourth-order valence-electron chi connectivity index (χ4n) is 3.81. The Hall–Kier alpha value is -2.04. The highest BCUT2D eigenvalue weighted by atomic mass is 32.2. The van der Waals surface area contributed by atoms with Crippen LogP contribution in [0, 0.1) is 11.7 Å². The lowest BCUT2D eigenvalue weighted by Crippen LogP contribution is -2.64. The summed E-state index contributed by atoms with van der Waals surface area (Å²) in [5, 5.41) is 22.1. The number of aliphatic hydroxyl groups is 2. The van der Waals surface area contributed by atoms with Crippen molar-refractivity contribution in [2.45, 2.75) is 82.1 Å². The van der Waals surface area contributed by atoms with Crippen LogP contribution in [0.1, 0.15) is 60.5 Å². The number of aliphatic hydroxyl groups excluding tert-OH is 2. The van der Waals surface area contributed by atoms with Gasteiger partial charge in [0.2, 0.25) is 0 Å². The molecule has 186 valence electrons. The molecule has 0 saturated carbocycles. The third-order valence-corrected chi connectivity index (χ3v) is 8.87. The molecular formula is C23H35FN2O6S. The highest BCUT2D eigenvalue weighted by Gasteiger charge is 2.60. The summed E-state index contributed by atoms with van der Waals surface area (Å²) in [6, 6.07) is 5.44. The first-order valence-corrected chi connectivity index (χ1v) is 12.4. The molecule has 1 heterocycles. The van der Waals surface area contributed by atoms with Crippen molar-refractivity contribution in [3.63, 3.8) is 0 Å². The summed E-state index contributed by atoms with van der Waals surface area (Å²) in [5.41, 5.74) is -2.98. The van der Waals surface area contributed by atoms with Gasteiger partial charge in [-0.1, -0.05) is 32.0 Å². The van der Waals surface area contributed by atoms with Gasteiger partial charge in [-0.25, -0.2) is 17.6 Å². The molecule has 1 unspecified atom stereocenters. The van der Waals surface area contributed by atoms with Gasteiger partial charge in [0.15, 0.2) is 9.84 Å². The Morgan fingerprint density at radius 3 is 2.33 bits per heavy atom. The van der Waals surface area contributed by atoms with Gasteiger partial charge in [-0.15, -0.1) is 0 Å². The molecule has 3 N–H and O–H groups in total. The van der Waals surface area contributed by atoms with Crippen molar-refractivity contribution in [3.05, 3.63) is 35.6 Å². The number of nitrogens with one attached hydrogen (secondary N) is 1. The van der Waals surface area contributed by atoms with E-state index in [-0.39, 0.29) is 23.7 Å². The number of amides is 1. The number of ether oxygens (including phenoxy) is 1. The lowest BCUT2D eigenvalue weighted by Gasteiger charge is -2.46. The quantitative estimate of drug-likeness (QED) is 0.588. The maximum atomic E-state index is 15.0. The minimum Gasteiger partial charge on any atom is -0.444 e. The van der Waals surface area contributed by atoms with Crippen molar-refractivity contribution in [3.8, 4) is 0 Å². The van der Waals surface area contributed by atoms with Crippen molar-refractivity contribution in [2.24, 2.45) is 10.9 Å². The Bertz CT molecular complexity index is 1020. The average Bonchev–Trinajstić information content (AvgIpc) is 2.67. The van der Waals surface area contributed by atoms with E-state index in [0.29, 0.717) is 0 Å². The van der Waals surface area contributed by atoms with E-state index in [1.165, 1.54) is 32.0 Å². The van der Waals surface area contributed by atoms with Crippen molar-refractivity contribution in [1.82, 2.24) is 5.32 Å². The van der Waals surface area contributed by atoms with Crippen LogP contribution >= 0.6 is 0 Å². The van der Waals surface area contributed by atoms with Gasteiger partial charge in [-0.05, 0) is 53.0 Å². The Labute approximate surface area is 195 Å². The number of aliphatic imine (C=N–C) groups is 1. The molecule has 10 heteroatoms. The molecule has 33 heavy (non-hydrogen) atoms. The molecule has 0 aliphatic carbocycles. The van der Waals surface area contributed by atoms with E-state index in [9.17, 15) is 27.8 Å². The molecule has 0 spiro atoms. The van der Waals surface area contributed by atoms with E-state index >= 15 is 0 Å². The maximum absolute atomic E-state index is 15.0. The molecule has 0 aromatic heterocycles. The molecule has 0 bridgehead atoms. The highest BCUT2D eigenvalue weighted by molar-refractivity contribution is 7.94. The van der Waals surface area contributed by atoms with Crippen LogP contribution in [-0.2, 0) is 20.1 Å². The normalized spacial score (nSPS) is 25.3. The van der Waals surface area contributed by atoms with Crippen molar-refractivity contribution in [2.75, 3.05) is 6.61 Å². The second-order valence-corrected chi connectivity index (χ2v) is 12.9. The molecule has 0 radical (unpaired) electrons. The van der Waals surface area contributed by atoms with Crippen molar-refractivity contribution in [1.29, 1.82) is 0 Å². The first kappa shape index (κ1) is 27.2. The number of nitrogens with zero attached hydrogens (tertiary/aromatic N) is 1. The van der Waals surface area contributed by atoms with E-state index in [0.717, 1.165) is 6.07 Å². The fourth-order valence-corrected chi connectivity index (χ4v) is 6.11. The standard InChI is InChI=1S/C23H35FN2O6S/c1-14(2)17(28)12-18-23(13-27,15-10-8-9-11-16(15)24)26-19(22(6,7)33(18,30)31)25-20(29)32-21(3,4)5/h8-11,14,17-18,27-28H,12-13H2,1-7H3,(H,25,26,29)/t17?,18-,23-/m1/s1. The number of alkyl carbamates (subject to hydrolysis) is 1. The van der Waals surface area contributed by atoms with Crippen LogP contribution in [0.4, 0.5) is 9.18 Å². The number of sulfone groups is 1. The Balaban J connectivity index is 2.80. The molecule has 0 saturated heterocycles. The van der Waals surface area contributed by atoms with Crippen LogP contribution in [-0.4, -0.2) is 58.9 Å². The average molecular weight is 487 g/mol. The van der Waals surface area contributed by atoms with Gasteiger partial charge in [0.1, 0.15) is 27.5 Å². The van der Waals surface area contributed by atoms with Gasteiger partial charge in [-0.3, -0.25) is 10.3 Å². The van der Waals surface area contributed by atoms with E-state index < -0.39 is 55.6 Å². The first-order chi connectivity index (χ1) is 15.0. The highest BCUT2D eigenvalue weighted by Crippen LogP contribution is 2.45. The molecule has 1 aliphatic rings. The van der Waals surface area contributed by atoms with Crippen LogP contribution < -0.4 is 5.32 Å². The smallest absolute Gasteiger partial charge is 0.413 e. The SMILES string of the molecule is CC(C)C(O)C[C@@H]1[C@@](CO)(c2ccccc2F)N=C(NC(=O)OC(C)(C)C)C(C)(C)S1(=O)=O. The third-order valence-electron chi connectivity index (χ3n) is 5.93. The van der Waals surface area contributed by atoms with Gasteiger partial charge < -0.3 is 14.9 Å². The number of hydrogen-bond acceptors (Lipinski definition) is 7. The van der Waals surface area contributed by atoms with E-state index in [1.54, 1.807) is 34.6 Å². The van der Waals surface area contributed by atoms with E-state index in [2.05, 4.69) is 10.3 Å². The molecule has 1 aliphatic heterocycles. The molecule has 0 fully saturated rings. The summed E-state index contributed by atoms with van der Waals surface area (Å²) in [6.45, 7) is 10.3.